The highest BCUT2D eigenvalue weighted by atomic mass is 32.1. The van der Waals surface area contributed by atoms with Gasteiger partial charge in [0.2, 0.25) is 5.91 Å². The predicted molar refractivity (Wildman–Crippen MR) is 128 cm³/mol. The second-order valence-electron chi connectivity index (χ2n) is 7.35. The summed E-state index contributed by atoms with van der Waals surface area (Å²) in [6.45, 7) is 2.29. The number of hydrogen-bond donors (Lipinski definition) is 3. The van der Waals surface area contributed by atoms with E-state index in [2.05, 4.69) is 56.0 Å². The number of aromatic amines is 1. The Balaban J connectivity index is 1.37. The number of aromatic nitrogens is 3. The molecule has 0 fully saturated rings. The van der Waals surface area contributed by atoms with Crippen LogP contribution in [0.1, 0.15) is 12.5 Å². The average Bonchev–Trinajstić information content (AvgIpc) is 3.39. The molecule has 0 aliphatic carbocycles. The van der Waals surface area contributed by atoms with Crippen LogP contribution >= 0.6 is 11.3 Å². The zero-order chi connectivity index (χ0) is 21.2. The van der Waals surface area contributed by atoms with Crippen molar-refractivity contribution < 1.29 is 4.79 Å². The maximum Gasteiger partial charge on any atom is 0.221 e. The molecule has 154 valence electrons. The van der Waals surface area contributed by atoms with Gasteiger partial charge in [0.25, 0.3) is 0 Å². The lowest BCUT2D eigenvalue weighted by atomic mass is 10.1. The molecule has 0 radical (unpaired) electrons. The molecule has 1 amide bonds. The molecule has 31 heavy (non-hydrogen) atoms. The van der Waals surface area contributed by atoms with Crippen molar-refractivity contribution in [3.8, 4) is 10.4 Å². The number of para-hydroxylation sites is 1. The molecule has 0 unspecified atom stereocenters. The Morgan fingerprint density at radius 2 is 2.00 bits per heavy atom. The smallest absolute Gasteiger partial charge is 0.221 e. The Hall–Kier alpha value is -3.71. The Morgan fingerprint density at radius 3 is 2.90 bits per heavy atom. The second kappa shape index (κ2) is 8.20. The van der Waals surface area contributed by atoms with Gasteiger partial charge in [-0.25, -0.2) is 9.97 Å². The van der Waals surface area contributed by atoms with Gasteiger partial charge in [-0.2, -0.15) is 0 Å². The van der Waals surface area contributed by atoms with Crippen molar-refractivity contribution in [1.29, 1.82) is 0 Å². The molecule has 5 aromatic rings. The molecule has 7 heteroatoms. The van der Waals surface area contributed by atoms with Crippen molar-refractivity contribution >= 4 is 49.9 Å². The quantitative estimate of drug-likeness (QED) is 0.336. The number of nitrogens with one attached hydrogen (secondary N) is 3. The van der Waals surface area contributed by atoms with Crippen LogP contribution in [0.25, 0.3) is 31.6 Å². The Labute approximate surface area is 183 Å². The van der Waals surface area contributed by atoms with Crippen molar-refractivity contribution in [1.82, 2.24) is 15.0 Å². The zero-order valence-electron chi connectivity index (χ0n) is 17.0. The number of anilines is 2. The molecule has 0 saturated carbocycles. The zero-order valence-corrected chi connectivity index (χ0v) is 17.8. The van der Waals surface area contributed by atoms with E-state index in [1.54, 1.807) is 17.7 Å². The predicted octanol–water partition coefficient (Wildman–Crippen LogP) is 5.45. The molecule has 0 bridgehead atoms. The minimum Gasteiger partial charge on any atom is -0.368 e. The van der Waals surface area contributed by atoms with Gasteiger partial charge in [-0.1, -0.05) is 30.3 Å². The van der Waals surface area contributed by atoms with E-state index in [4.69, 9.17) is 0 Å². The number of fused-ring (bicyclic) bond motifs is 2. The van der Waals surface area contributed by atoms with Crippen molar-refractivity contribution in [2.75, 3.05) is 17.2 Å². The molecule has 0 aliphatic heterocycles. The lowest BCUT2D eigenvalue weighted by Gasteiger charge is -2.06. The summed E-state index contributed by atoms with van der Waals surface area (Å²) in [4.78, 5) is 24.7. The van der Waals surface area contributed by atoms with Gasteiger partial charge in [0.1, 0.15) is 12.1 Å². The molecule has 0 spiro atoms. The van der Waals surface area contributed by atoms with Crippen LogP contribution in [0.2, 0.25) is 0 Å². The number of carbonyl (C=O) groups excluding carboxylic acids is 1. The van der Waals surface area contributed by atoms with Crippen molar-refractivity contribution in [2.45, 2.75) is 13.3 Å². The van der Waals surface area contributed by atoms with Crippen LogP contribution in [0.4, 0.5) is 11.5 Å². The van der Waals surface area contributed by atoms with Crippen LogP contribution in [0.15, 0.2) is 67.1 Å². The topological polar surface area (TPSA) is 82.7 Å². The van der Waals surface area contributed by atoms with Gasteiger partial charge in [-0.15, -0.1) is 11.3 Å². The van der Waals surface area contributed by atoms with E-state index >= 15 is 0 Å². The van der Waals surface area contributed by atoms with Crippen LogP contribution in [0, 0.1) is 0 Å². The molecule has 5 rings (SSSR count). The molecule has 6 nitrogen and oxygen atoms in total. The van der Waals surface area contributed by atoms with Gasteiger partial charge < -0.3 is 15.6 Å². The summed E-state index contributed by atoms with van der Waals surface area (Å²) in [5.74, 6) is 0.764. The monoisotopic (exact) mass is 427 g/mol. The van der Waals surface area contributed by atoms with Gasteiger partial charge in [0.05, 0.1) is 10.2 Å². The van der Waals surface area contributed by atoms with Crippen molar-refractivity contribution in [3.63, 3.8) is 0 Å². The van der Waals surface area contributed by atoms with Crippen LogP contribution in [-0.4, -0.2) is 27.4 Å². The van der Waals surface area contributed by atoms with Crippen LogP contribution in [0.5, 0.6) is 0 Å². The number of hydrogen-bond acceptors (Lipinski definition) is 5. The minimum absolute atomic E-state index is 0.0824. The van der Waals surface area contributed by atoms with Gasteiger partial charge in [-0.05, 0) is 41.8 Å². The van der Waals surface area contributed by atoms with E-state index in [1.807, 2.05) is 30.3 Å². The highest BCUT2D eigenvalue weighted by Crippen LogP contribution is 2.36. The molecule has 0 aliphatic rings. The third-order valence-corrected chi connectivity index (χ3v) is 6.32. The van der Waals surface area contributed by atoms with Crippen LogP contribution in [0.3, 0.4) is 0 Å². The summed E-state index contributed by atoms with van der Waals surface area (Å²) in [7, 11) is 0. The third kappa shape index (κ3) is 4.00. The Bertz CT molecular complexity index is 1390. The average molecular weight is 428 g/mol. The van der Waals surface area contributed by atoms with E-state index in [-0.39, 0.29) is 5.91 Å². The van der Waals surface area contributed by atoms with Gasteiger partial charge in [-0.3, -0.25) is 4.79 Å². The van der Waals surface area contributed by atoms with Crippen LogP contribution in [-0.2, 0) is 11.2 Å². The maximum absolute atomic E-state index is 11.4. The third-order valence-electron chi connectivity index (χ3n) is 5.14. The first-order valence-electron chi connectivity index (χ1n) is 10.1. The largest absolute Gasteiger partial charge is 0.368 e. The SMILES string of the molecule is CC(=O)Nc1cccc(-c2cc3ncnc(NCCc4c[nH]c5ccccc45)c3s2)c1. The van der Waals surface area contributed by atoms with Crippen LogP contribution < -0.4 is 10.6 Å². The second-order valence-corrected chi connectivity index (χ2v) is 8.40. The Morgan fingerprint density at radius 1 is 1.10 bits per heavy atom. The molecule has 3 N–H and O–H groups in total. The molecular weight excluding hydrogens is 406 g/mol. The fraction of sp³-hybridized carbons (Fsp3) is 0.125. The van der Waals surface area contributed by atoms with E-state index in [9.17, 15) is 4.79 Å². The number of thiophene rings is 1. The number of nitrogens with zero attached hydrogens (tertiary/aromatic N) is 2. The van der Waals surface area contributed by atoms with Crippen molar-refractivity contribution in [2.24, 2.45) is 0 Å². The minimum atomic E-state index is -0.0824. The normalized spacial score (nSPS) is 11.1. The number of carbonyl (C=O) groups is 1. The summed E-state index contributed by atoms with van der Waals surface area (Å²) in [5, 5.41) is 7.58. The maximum atomic E-state index is 11.4. The molecule has 3 heterocycles. The first-order valence-corrected chi connectivity index (χ1v) is 10.9. The summed E-state index contributed by atoms with van der Waals surface area (Å²) in [6.07, 6.45) is 4.57. The molecule has 3 aromatic heterocycles. The lowest BCUT2D eigenvalue weighted by molar-refractivity contribution is -0.114. The Kier molecular flexibility index (Phi) is 5.09. The van der Waals surface area contributed by atoms with Gasteiger partial charge in [0, 0.05) is 41.1 Å². The molecule has 2 aromatic carbocycles. The highest BCUT2D eigenvalue weighted by Gasteiger charge is 2.11. The fourth-order valence-electron chi connectivity index (χ4n) is 3.73. The highest BCUT2D eigenvalue weighted by molar-refractivity contribution is 7.22. The number of H-pyrrole nitrogens is 1. The standard InChI is InChI=1S/C24H21N5OS/c1-15(30)29-18-6-4-5-16(11-18)22-12-21-23(31-22)24(28-14-27-21)25-10-9-17-13-26-20-8-3-2-7-19(17)20/h2-8,11-14,26H,9-10H2,1H3,(H,29,30)(H,25,27,28). The summed E-state index contributed by atoms with van der Waals surface area (Å²) >= 11 is 1.65. The summed E-state index contributed by atoms with van der Waals surface area (Å²) in [5.41, 5.74) is 5.18. The van der Waals surface area contributed by atoms with E-state index < -0.39 is 0 Å². The first-order chi connectivity index (χ1) is 15.2. The molecule has 0 saturated heterocycles. The number of benzene rings is 2. The van der Waals surface area contributed by atoms with Crippen molar-refractivity contribution in [3.05, 3.63) is 72.7 Å². The van der Waals surface area contributed by atoms with E-state index in [1.165, 1.54) is 17.9 Å². The van der Waals surface area contributed by atoms with E-state index in [0.29, 0.717) is 0 Å². The number of rotatable bonds is 6. The molecule has 0 atom stereocenters. The number of amides is 1. The van der Waals surface area contributed by atoms with Gasteiger partial charge >= 0.3 is 0 Å². The summed E-state index contributed by atoms with van der Waals surface area (Å²) < 4.78 is 1.03. The first kappa shape index (κ1) is 19.3. The lowest BCUT2D eigenvalue weighted by Crippen LogP contribution is -2.06. The molecular formula is C24H21N5OS. The fourth-order valence-corrected chi connectivity index (χ4v) is 4.80. The summed E-state index contributed by atoms with van der Waals surface area (Å²) in [6, 6.07) is 18.2. The van der Waals surface area contributed by atoms with E-state index in [0.717, 1.165) is 50.6 Å². The van der Waals surface area contributed by atoms with Gasteiger partial charge in [0.15, 0.2) is 0 Å².